The molecule has 0 aliphatic rings. The van der Waals surface area contributed by atoms with E-state index < -0.39 is 11.9 Å². The molecule has 1 heterocycles. The summed E-state index contributed by atoms with van der Waals surface area (Å²) in [7, 11) is 1.57. The highest BCUT2D eigenvalue weighted by Crippen LogP contribution is 2.09. The molecule has 2 amide bonds. The van der Waals surface area contributed by atoms with Crippen LogP contribution >= 0.6 is 0 Å². The van der Waals surface area contributed by atoms with Gasteiger partial charge in [0.1, 0.15) is 0 Å². The fourth-order valence-electron chi connectivity index (χ4n) is 1.45. The van der Waals surface area contributed by atoms with E-state index in [2.05, 4.69) is 15.5 Å². The van der Waals surface area contributed by atoms with Crippen LogP contribution in [-0.2, 0) is 4.79 Å². The minimum atomic E-state index is -0.919. The van der Waals surface area contributed by atoms with Crippen molar-refractivity contribution in [2.45, 2.75) is 19.9 Å². The number of carboxylic acid groups (broad SMARTS) is 1. The first-order valence-corrected chi connectivity index (χ1v) is 5.65. The van der Waals surface area contributed by atoms with Gasteiger partial charge in [-0.15, -0.1) is 0 Å². The number of hydrogen-bond donors (Lipinski definition) is 3. The standard InChI is InChI=1S/C11H18N4O3/c1-7(10(16)17)6-15(3)11(18)14-8(2)9-4-12-13-5-9/h4-5,7-8H,6H2,1-3H3,(H,12,13)(H,14,18)(H,16,17). The molecule has 0 saturated carbocycles. The van der Waals surface area contributed by atoms with Crippen molar-refractivity contribution in [3.05, 3.63) is 18.0 Å². The molecule has 100 valence electrons. The van der Waals surface area contributed by atoms with Gasteiger partial charge in [0.15, 0.2) is 0 Å². The summed E-state index contributed by atoms with van der Waals surface area (Å²) in [4.78, 5) is 23.9. The Hall–Kier alpha value is -2.05. The van der Waals surface area contributed by atoms with E-state index in [4.69, 9.17) is 5.11 Å². The Bertz CT molecular complexity index is 404. The Labute approximate surface area is 105 Å². The Morgan fingerprint density at radius 3 is 2.72 bits per heavy atom. The highest BCUT2D eigenvalue weighted by atomic mass is 16.4. The fraction of sp³-hybridized carbons (Fsp3) is 0.545. The number of rotatable bonds is 5. The molecule has 1 aromatic heterocycles. The van der Waals surface area contributed by atoms with Crippen LogP contribution in [0, 0.1) is 5.92 Å². The van der Waals surface area contributed by atoms with Gasteiger partial charge >= 0.3 is 12.0 Å². The second-order valence-corrected chi connectivity index (χ2v) is 4.32. The summed E-state index contributed by atoms with van der Waals surface area (Å²) in [5.74, 6) is -1.51. The van der Waals surface area contributed by atoms with Crippen LogP contribution in [0.2, 0.25) is 0 Å². The molecular weight excluding hydrogens is 236 g/mol. The average Bonchev–Trinajstić information content (AvgIpc) is 2.81. The quantitative estimate of drug-likeness (QED) is 0.724. The highest BCUT2D eigenvalue weighted by Gasteiger charge is 2.19. The molecule has 0 aliphatic heterocycles. The van der Waals surface area contributed by atoms with E-state index >= 15 is 0 Å². The van der Waals surface area contributed by atoms with Crippen molar-refractivity contribution in [1.29, 1.82) is 0 Å². The molecule has 3 N–H and O–H groups in total. The number of aromatic amines is 1. The van der Waals surface area contributed by atoms with Crippen LogP contribution in [0.5, 0.6) is 0 Å². The third kappa shape index (κ3) is 3.76. The van der Waals surface area contributed by atoms with E-state index in [0.717, 1.165) is 5.56 Å². The lowest BCUT2D eigenvalue weighted by molar-refractivity contribution is -0.141. The van der Waals surface area contributed by atoms with Crippen LogP contribution in [0.15, 0.2) is 12.4 Å². The zero-order valence-electron chi connectivity index (χ0n) is 10.7. The molecule has 0 aromatic carbocycles. The topological polar surface area (TPSA) is 98.3 Å². The number of nitrogens with zero attached hydrogens (tertiary/aromatic N) is 2. The first-order chi connectivity index (χ1) is 8.41. The summed E-state index contributed by atoms with van der Waals surface area (Å²) in [6.07, 6.45) is 3.33. The summed E-state index contributed by atoms with van der Waals surface area (Å²) in [6, 6.07) is -0.490. The molecule has 7 heteroatoms. The predicted molar refractivity (Wildman–Crippen MR) is 65.0 cm³/mol. The largest absolute Gasteiger partial charge is 0.481 e. The van der Waals surface area contributed by atoms with Crippen LogP contribution in [-0.4, -0.2) is 45.8 Å². The maximum absolute atomic E-state index is 11.8. The molecule has 0 radical (unpaired) electrons. The van der Waals surface area contributed by atoms with E-state index in [1.165, 1.54) is 4.90 Å². The Balaban J connectivity index is 2.47. The lowest BCUT2D eigenvalue weighted by Gasteiger charge is -2.22. The number of hydrogen-bond acceptors (Lipinski definition) is 3. The minimum Gasteiger partial charge on any atom is -0.481 e. The van der Waals surface area contributed by atoms with Gasteiger partial charge in [0.2, 0.25) is 0 Å². The zero-order chi connectivity index (χ0) is 13.7. The van der Waals surface area contributed by atoms with Gasteiger partial charge in [-0.25, -0.2) is 4.79 Å². The zero-order valence-corrected chi connectivity index (χ0v) is 10.7. The average molecular weight is 254 g/mol. The van der Waals surface area contributed by atoms with Crippen LogP contribution in [0.25, 0.3) is 0 Å². The number of amides is 2. The maximum atomic E-state index is 11.8. The summed E-state index contributed by atoms with van der Waals surface area (Å²) in [6.45, 7) is 3.56. The molecule has 0 aliphatic carbocycles. The molecule has 0 saturated heterocycles. The number of carboxylic acids is 1. The first kappa shape index (κ1) is 14.0. The van der Waals surface area contributed by atoms with Crippen molar-refractivity contribution >= 4 is 12.0 Å². The third-order valence-electron chi connectivity index (χ3n) is 2.68. The van der Waals surface area contributed by atoms with Gasteiger partial charge in [0.25, 0.3) is 0 Å². The maximum Gasteiger partial charge on any atom is 0.317 e. The number of aliphatic carboxylic acids is 1. The highest BCUT2D eigenvalue weighted by molar-refractivity contribution is 5.76. The second-order valence-electron chi connectivity index (χ2n) is 4.32. The first-order valence-electron chi connectivity index (χ1n) is 5.65. The van der Waals surface area contributed by atoms with Crippen LogP contribution in [0.1, 0.15) is 25.5 Å². The number of carbonyl (C=O) groups is 2. The van der Waals surface area contributed by atoms with Gasteiger partial charge in [-0.2, -0.15) is 5.10 Å². The molecule has 0 fully saturated rings. The lowest BCUT2D eigenvalue weighted by atomic mass is 10.2. The van der Waals surface area contributed by atoms with Gasteiger partial charge < -0.3 is 15.3 Å². The number of aromatic nitrogens is 2. The number of nitrogens with one attached hydrogen (secondary N) is 2. The predicted octanol–water partition coefficient (Wildman–Crippen LogP) is 0.833. The molecule has 0 spiro atoms. The Morgan fingerprint density at radius 1 is 1.56 bits per heavy atom. The fourth-order valence-corrected chi connectivity index (χ4v) is 1.45. The Morgan fingerprint density at radius 2 is 2.22 bits per heavy atom. The summed E-state index contributed by atoms with van der Waals surface area (Å²) in [5, 5.41) is 18.0. The van der Waals surface area contributed by atoms with E-state index in [1.54, 1.807) is 26.4 Å². The van der Waals surface area contributed by atoms with Crippen molar-refractivity contribution < 1.29 is 14.7 Å². The summed E-state index contributed by atoms with van der Waals surface area (Å²) >= 11 is 0. The molecule has 0 bridgehead atoms. The SMILES string of the molecule is CC(CN(C)C(=O)NC(C)c1cn[nH]c1)C(=O)O. The minimum absolute atomic E-state index is 0.166. The van der Waals surface area contributed by atoms with Crippen LogP contribution in [0.3, 0.4) is 0 Å². The van der Waals surface area contributed by atoms with Crippen molar-refractivity contribution in [2.75, 3.05) is 13.6 Å². The van der Waals surface area contributed by atoms with E-state index in [-0.39, 0.29) is 18.6 Å². The van der Waals surface area contributed by atoms with Crippen molar-refractivity contribution in [2.24, 2.45) is 5.92 Å². The van der Waals surface area contributed by atoms with Crippen LogP contribution < -0.4 is 5.32 Å². The monoisotopic (exact) mass is 254 g/mol. The van der Waals surface area contributed by atoms with Crippen molar-refractivity contribution in [3.8, 4) is 0 Å². The van der Waals surface area contributed by atoms with Crippen LogP contribution in [0.4, 0.5) is 4.79 Å². The number of urea groups is 1. The van der Waals surface area contributed by atoms with Gasteiger partial charge in [-0.1, -0.05) is 6.92 Å². The number of carbonyl (C=O) groups excluding carboxylic acids is 1. The number of H-pyrrole nitrogens is 1. The molecule has 1 aromatic rings. The van der Waals surface area contributed by atoms with Gasteiger partial charge in [0, 0.05) is 25.4 Å². The third-order valence-corrected chi connectivity index (χ3v) is 2.68. The normalized spacial score (nSPS) is 13.7. The van der Waals surface area contributed by atoms with Crippen molar-refractivity contribution in [1.82, 2.24) is 20.4 Å². The Kier molecular flexibility index (Phi) is 4.70. The van der Waals surface area contributed by atoms with Gasteiger partial charge in [-0.05, 0) is 6.92 Å². The summed E-state index contributed by atoms with van der Waals surface area (Å²) in [5.41, 5.74) is 0.864. The van der Waals surface area contributed by atoms with Gasteiger partial charge in [0.05, 0.1) is 18.2 Å². The van der Waals surface area contributed by atoms with E-state index in [0.29, 0.717) is 0 Å². The van der Waals surface area contributed by atoms with E-state index in [1.807, 2.05) is 6.92 Å². The summed E-state index contributed by atoms with van der Waals surface area (Å²) < 4.78 is 0. The van der Waals surface area contributed by atoms with E-state index in [9.17, 15) is 9.59 Å². The smallest absolute Gasteiger partial charge is 0.317 e. The van der Waals surface area contributed by atoms with Gasteiger partial charge in [-0.3, -0.25) is 9.89 Å². The molecular formula is C11H18N4O3. The molecule has 2 atom stereocenters. The molecule has 18 heavy (non-hydrogen) atoms. The molecule has 2 unspecified atom stereocenters. The molecule has 7 nitrogen and oxygen atoms in total. The molecule has 1 rings (SSSR count). The van der Waals surface area contributed by atoms with Crippen molar-refractivity contribution in [3.63, 3.8) is 0 Å². The second kappa shape index (κ2) is 6.04. The lowest BCUT2D eigenvalue weighted by Crippen LogP contribution is -2.41.